The van der Waals surface area contributed by atoms with Crippen LogP contribution in [0.5, 0.6) is 0 Å². The first-order chi connectivity index (χ1) is 9.74. The summed E-state index contributed by atoms with van der Waals surface area (Å²) in [5, 5.41) is 11.0. The molecule has 2 aromatic heterocycles. The molecule has 2 heterocycles. The van der Waals surface area contributed by atoms with Gasteiger partial charge in [0.25, 0.3) is 0 Å². The standard InChI is InChI=1S/C14H9N3O2S/c18-13(19)10-8-9-4-1-2-5-11(9)17-12(10)20-14-15-6-3-7-16-14/h1-8H,(H,18,19). The zero-order valence-electron chi connectivity index (χ0n) is 10.2. The Hall–Kier alpha value is -2.47. The smallest absolute Gasteiger partial charge is 0.338 e. The van der Waals surface area contributed by atoms with Gasteiger partial charge in [0.2, 0.25) is 0 Å². The fraction of sp³-hybridized carbons (Fsp3) is 0. The summed E-state index contributed by atoms with van der Waals surface area (Å²) in [5.41, 5.74) is 0.900. The molecule has 6 heteroatoms. The average molecular weight is 283 g/mol. The molecule has 0 atom stereocenters. The summed E-state index contributed by atoms with van der Waals surface area (Å²) in [6, 6.07) is 10.7. The third kappa shape index (κ3) is 2.46. The number of carbonyl (C=O) groups is 1. The van der Waals surface area contributed by atoms with E-state index in [2.05, 4.69) is 15.0 Å². The molecule has 0 unspecified atom stereocenters. The van der Waals surface area contributed by atoms with Crippen LogP contribution in [0.1, 0.15) is 10.4 Å². The van der Waals surface area contributed by atoms with Crippen LogP contribution in [0.3, 0.4) is 0 Å². The summed E-state index contributed by atoms with van der Waals surface area (Å²) in [6.45, 7) is 0. The summed E-state index contributed by atoms with van der Waals surface area (Å²) >= 11 is 1.14. The fourth-order valence-electron chi connectivity index (χ4n) is 1.75. The van der Waals surface area contributed by atoms with Crippen molar-refractivity contribution < 1.29 is 9.90 Å². The van der Waals surface area contributed by atoms with E-state index in [-0.39, 0.29) is 5.56 Å². The van der Waals surface area contributed by atoms with E-state index in [4.69, 9.17) is 0 Å². The number of hydrogen-bond donors (Lipinski definition) is 1. The van der Waals surface area contributed by atoms with E-state index < -0.39 is 5.97 Å². The van der Waals surface area contributed by atoms with Crippen LogP contribution in [0.25, 0.3) is 10.9 Å². The molecule has 0 radical (unpaired) electrons. The third-order valence-corrected chi connectivity index (χ3v) is 3.55. The van der Waals surface area contributed by atoms with Crippen LogP contribution < -0.4 is 0 Å². The van der Waals surface area contributed by atoms with E-state index in [1.165, 1.54) is 0 Å². The highest BCUT2D eigenvalue weighted by molar-refractivity contribution is 7.99. The number of carboxylic acids is 1. The van der Waals surface area contributed by atoms with Crippen LogP contribution in [-0.2, 0) is 0 Å². The first-order valence-electron chi connectivity index (χ1n) is 5.82. The second-order valence-electron chi connectivity index (χ2n) is 3.97. The lowest BCUT2D eigenvalue weighted by molar-refractivity contribution is 0.0692. The van der Waals surface area contributed by atoms with Crippen molar-refractivity contribution >= 4 is 28.6 Å². The molecule has 0 aliphatic carbocycles. The highest BCUT2D eigenvalue weighted by atomic mass is 32.2. The minimum Gasteiger partial charge on any atom is -0.478 e. The molecule has 0 amide bonds. The maximum atomic E-state index is 11.4. The highest BCUT2D eigenvalue weighted by Gasteiger charge is 2.15. The van der Waals surface area contributed by atoms with Gasteiger partial charge in [-0.3, -0.25) is 0 Å². The van der Waals surface area contributed by atoms with Gasteiger partial charge in [0.1, 0.15) is 5.03 Å². The number of nitrogens with zero attached hydrogens (tertiary/aromatic N) is 3. The van der Waals surface area contributed by atoms with Gasteiger partial charge in [-0.1, -0.05) is 18.2 Å². The van der Waals surface area contributed by atoms with Crippen molar-refractivity contribution in [3.8, 4) is 0 Å². The predicted octanol–water partition coefficient (Wildman–Crippen LogP) is 2.87. The van der Waals surface area contributed by atoms with Gasteiger partial charge in [0.05, 0.1) is 11.1 Å². The van der Waals surface area contributed by atoms with Crippen molar-refractivity contribution in [2.24, 2.45) is 0 Å². The minimum absolute atomic E-state index is 0.154. The van der Waals surface area contributed by atoms with E-state index in [1.54, 1.807) is 24.5 Å². The van der Waals surface area contributed by atoms with Gasteiger partial charge < -0.3 is 5.11 Å². The number of fused-ring (bicyclic) bond motifs is 1. The molecule has 0 saturated carbocycles. The zero-order chi connectivity index (χ0) is 13.9. The van der Waals surface area contributed by atoms with Gasteiger partial charge in [0.15, 0.2) is 5.16 Å². The number of para-hydroxylation sites is 1. The molecule has 0 aliphatic heterocycles. The van der Waals surface area contributed by atoms with E-state index in [0.29, 0.717) is 10.2 Å². The SMILES string of the molecule is O=C(O)c1cc2ccccc2nc1Sc1ncccn1. The van der Waals surface area contributed by atoms with Crippen molar-refractivity contribution in [1.82, 2.24) is 15.0 Å². The third-order valence-electron chi connectivity index (χ3n) is 2.65. The topological polar surface area (TPSA) is 76.0 Å². The Morgan fingerprint density at radius 1 is 1.10 bits per heavy atom. The van der Waals surface area contributed by atoms with Gasteiger partial charge in [0, 0.05) is 17.8 Å². The second kappa shape index (κ2) is 5.26. The van der Waals surface area contributed by atoms with Crippen molar-refractivity contribution in [3.05, 3.63) is 54.4 Å². The maximum Gasteiger partial charge on any atom is 0.338 e. The van der Waals surface area contributed by atoms with E-state index in [0.717, 1.165) is 22.7 Å². The maximum absolute atomic E-state index is 11.4. The van der Waals surface area contributed by atoms with Crippen LogP contribution in [0.4, 0.5) is 0 Å². The summed E-state index contributed by atoms with van der Waals surface area (Å²) in [5.74, 6) is -1.01. The number of hydrogen-bond acceptors (Lipinski definition) is 5. The van der Waals surface area contributed by atoms with Crippen molar-refractivity contribution in [1.29, 1.82) is 0 Å². The number of pyridine rings is 1. The lowest BCUT2D eigenvalue weighted by Gasteiger charge is -2.06. The number of carboxylic acid groups (broad SMARTS) is 1. The first kappa shape index (κ1) is 12.6. The monoisotopic (exact) mass is 283 g/mol. The summed E-state index contributed by atoms with van der Waals surface area (Å²) < 4.78 is 0. The van der Waals surface area contributed by atoms with Crippen LogP contribution in [0.2, 0.25) is 0 Å². The van der Waals surface area contributed by atoms with Crippen LogP contribution in [-0.4, -0.2) is 26.0 Å². The van der Waals surface area contributed by atoms with Crippen molar-refractivity contribution in [2.45, 2.75) is 10.2 Å². The molecule has 0 aliphatic rings. The molecule has 5 nitrogen and oxygen atoms in total. The zero-order valence-corrected chi connectivity index (χ0v) is 11.0. The number of aromatic carboxylic acids is 1. The summed E-state index contributed by atoms with van der Waals surface area (Å²) in [6.07, 6.45) is 3.22. The lowest BCUT2D eigenvalue weighted by atomic mass is 10.1. The molecule has 0 spiro atoms. The number of benzene rings is 1. The first-order valence-corrected chi connectivity index (χ1v) is 6.63. The molecular weight excluding hydrogens is 274 g/mol. The quantitative estimate of drug-likeness (QED) is 0.745. The Labute approximate surface area is 118 Å². The van der Waals surface area contributed by atoms with Crippen LogP contribution >= 0.6 is 11.8 Å². The van der Waals surface area contributed by atoms with Crippen LogP contribution in [0, 0.1) is 0 Å². The predicted molar refractivity (Wildman–Crippen MR) is 74.9 cm³/mol. The van der Waals surface area contributed by atoms with Gasteiger partial charge in [-0.25, -0.2) is 19.7 Å². The van der Waals surface area contributed by atoms with E-state index in [1.807, 2.05) is 24.3 Å². The Bertz CT molecular complexity index is 778. The number of aromatic nitrogens is 3. The largest absolute Gasteiger partial charge is 0.478 e. The van der Waals surface area contributed by atoms with Gasteiger partial charge in [-0.2, -0.15) is 0 Å². The average Bonchev–Trinajstić information content (AvgIpc) is 2.47. The molecule has 3 rings (SSSR count). The van der Waals surface area contributed by atoms with Crippen LogP contribution in [0.15, 0.2) is 59.0 Å². The summed E-state index contributed by atoms with van der Waals surface area (Å²) in [4.78, 5) is 23.9. The van der Waals surface area contributed by atoms with Crippen molar-refractivity contribution in [3.63, 3.8) is 0 Å². The summed E-state index contributed by atoms with van der Waals surface area (Å²) in [7, 11) is 0. The molecule has 1 N–H and O–H groups in total. The van der Waals surface area contributed by atoms with Crippen molar-refractivity contribution in [2.75, 3.05) is 0 Å². The minimum atomic E-state index is -1.01. The molecule has 20 heavy (non-hydrogen) atoms. The van der Waals surface area contributed by atoms with E-state index in [9.17, 15) is 9.90 Å². The fourth-order valence-corrected chi connectivity index (χ4v) is 2.55. The molecule has 0 fully saturated rings. The molecular formula is C14H9N3O2S. The Kier molecular flexibility index (Phi) is 3.30. The Morgan fingerprint density at radius 2 is 1.85 bits per heavy atom. The molecule has 3 aromatic rings. The van der Waals surface area contributed by atoms with Gasteiger partial charge in [-0.05, 0) is 30.0 Å². The second-order valence-corrected chi connectivity index (χ2v) is 4.93. The molecule has 98 valence electrons. The molecule has 0 saturated heterocycles. The Morgan fingerprint density at radius 3 is 2.60 bits per heavy atom. The normalized spacial score (nSPS) is 10.6. The Balaban J connectivity index is 2.12. The van der Waals surface area contributed by atoms with Gasteiger partial charge in [-0.15, -0.1) is 0 Å². The van der Waals surface area contributed by atoms with E-state index >= 15 is 0 Å². The molecule has 0 bridgehead atoms. The number of rotatable bonds is 3. The highest BCUT2D eigenvalue weighted by Crippen LogP contribution is 2.28. The van der Waals surface area contributed by atoms with Gasteiger partial charge >= 0.3 is 5.97 Å². The molecule has 1 aromatic carbocycles. The lowest BCUT2D eigenvalue weighted by Crippen LogP contribution is -2.01.